The summed E-state index contributed by atoms with van der Waals surface area (Å²) in [5, 5.41) is 3.99. The molecule has 0 spiro atoms. The van der Waals surface area contributed by atoms with Crippen molar-refractivity contribution in [3.8, 4) is 0 Å². The van der Waals surface area contributed by atoms with E-state index in [2.05, 4.69) is 5.32 Å². The highest BCUT2D eigenvalue weighted by molar-refractivity contribution is 5.96. The zero-order valence-corrected chi connectivity index (χ0v) is 13.1. The average Bonchev–Trinajstić information content (AvgIpc) is 2.85. The minimum Gasteiger partial charge on any atom is -0.464 e. The third-order valence-electron chi connectivity index (χ3n) is 3.83. The lowest BCUT2D eigenvalue weighted by Gasteiger charge is -2.09. The number of rotatable bonds is 3. The van der Waals surface area contributed by atoms with Gasteiger partial charge < -0.3 is 9.73 Å². The Kier molecular flexibility index (Phi) is 3.72. The van der Waals surface area contributed by atoms with Gasteiger partial charge in [0, 0.05) is 16.6 Å². The quantitative estimate of drug-likeness (QED) is 0.770. The Morgan fingerprint density at radius 3 is 2.59 bits per heavy atom. The Hall–Kier alpha value is -2.55. The summed E-state index contributed by atoms with van der Waals surface area (Å²) in [5.74, 6) is -0.0306. The van der Waals surface area contributed by atoms with E-state index < -0.39 is 0 Å². The van der Waals surface area contributed by atoms with E-state index in [0.29, 0.717) is 6.42 Å². The molecule has 3 rings (SSSR count). The maximum absolute atomic E-state index is 12.3. The molecule has 3 heteroatoms. The number of amides is 1. The summed E-state index contributed by atoms with van der Waals surface area (Å²) >= 11 is 0. The van der Waals surface area contributed by atoms with Gasteiger partial charge in [0.05, 0.1) is 12.7 Å². The first kappa shape index (κ1) is 14.4. The van der Waals surface area contributed by atoms with Crippen LogP contribution in [0.2, 0.25) is 0 Å². The molecule has 0 saturated heterocycles. The first-order valence-corrected chi connectivity index (χ1v) is 7.37. The lowest BCUT2D eigenvalue weighted by molar-refractivity contribution is -0.115. The zero-order valence-electron chi connectivity index (χ0n) is 13.1. The van der Waals surface area contributed by atoms with Crippen molar-refractivity contribution < 1.29 is 9.21 Å². The topological polar surface area (TPSA) is 42.2 Å². The summed E-state index contributed by atoms with van der Waals surface area (Å²) in [6, 6.07) is 12.1. The minimum absolute atomic E-state index is 0.0306. The van der Waals surface area contributed by atoms with Crippen LogP contribution in [0.3, 0.4) is 0 Å². The van der Waals surface area contributed by atoms with Crippen LogP contribution < -0.4 is 5.32 Å². The predicted molar refractivity (Wildman–Crippen MR) is 89.2 cm³/mol. The number of carbonyl (C=O) groups is 1. The molecule has 0 aliphatic rings. The normalized spacial score (nSPS) is 10.9. The highest BCUT2D eigenvalue weighted by atomic mass is 16.3. The van der Waals surface area contributed by atoms with Gasteiger partial charge in [0.25, 0.3) is 0 Å². The van der Waals surface area contributed by atoms with Crippen LogP contribution in [-0.4, -0.2) is 5.91 Å². The third-order valence-corrected chi connectivity index (χ3v) is 3.83. The van der Waals surface area contributed by atoms with Gasteiger partial charge in [0.1, 0.15) is 5.58 Å². The van der Waals surface area contributed by atoms with Crippen molar-refractivity contribution in [1.29, 1.82) is 0 Å². The number of anilines is 1. The van der Waals surface area contributed by atoms with Crippen molar-refractivity contribution in [2.75, 3.05) is 5.32 Å². The maximum Gasteiger partial charge on any atom is 0.228 e. The lowest BCUT2D eigenvalue weighted by Crippen LogP contribution is -2.15. The standard InChI is InChI=1S/C19H19NO2/c1-12-4-6-14(3)17(8-12)20-19(21)10-15-11-22-18-9-13(2)5-7-16(15)18/h4-9,11H,10H2,1-3H3,(H,20,21). The van der Waals surface area contributed by atoms with Crippen LogP contribution >= 0.6 is 0 Å². The monoisotopic (exact) mass is 293 g/mol. The number of benzene rings is 2. The second-order valence-corrected chi connectivity index (χ2v) is 5.80. The van der Waals surface area contributed by atoms with Crippen molar-refractivity contribution in [1.82, 2.24) is 0 Å². The fourth-order valence-electron chi connectivity index (χ4n) is 2.57. The SMILES string of the molecule is Cc1ccc(C)c(NC(=O)Cc2coc3cc(C)ccc23)c1. The van der Waals surface area contributed by atoms with E-state index >= 15 is 0 Å². The van der Waals surface area contributed by atoms with Gasteiger partial charge in [0.15, 0.2) is 0 Å². The highest BCUT2D eigenvalue weighted by Crippen LogP contribution is 2.23. The maximum atomic E-state index is 12.3. The van der Waals surface area contributed by atoms with Gasteiger partial charge in [-0.05, 0) is 49.6 Å². The van der Waals surface area contributed by atoms with Crippen LogP contribution in [0.4, 0.5) is 5.69 Å². The largest absolute Gasteiger partial charge is 0.464 e. The first-order chi connectivity index (χ1) is 10.5. The third kappa shape index (κ3) is 2.89. The Balaban J connectivity index is 1.80. The molecule has 112 valence electrons. The molecule has 0 saturated carbocycles. The van der Waals surface area contributed by atoms with Gasteiger partial charge in [0.2, 0.25) is 5.91 Å². The second-order valence-electron chi connectivity index (χ2n) is 5.80. The molecule has 22 heavy (non-hydrogen) atoms. The van der Waals surface area contributed by atoms with Crippen molar-refractivity contribution in [2.24, 2.45) is 0 Å². The molecule has 2 aromatic carbocycles. The van der Waals surface area contributed by atoms with Gasteiger partial charge in [-0.1, -0.05) is 24.3 Å². The lowest BCUT2D eigenvalue weighted by atomic mass is 10.1. The summed E-state index contributed by atoms with van der Waals surface area (Å²) in [5.41, 5.74) is 5.95. The molecule has 3 aromatic rings. The second kappa shape index (κ2) is 5.68. The van der Waals surface area contributed by atoms with Crippen LogP contribution in [0.5, 0.6) is 0 Å². The molecule has 0 bridgehead atoms. The first-order valence-electron chi connectivity index (χ1n) is 7.37. The molecular formula is C19H19NO2. The summed E-state index contributed by atoms with van der Waals surface area (Å²) in [7, 11) is 0. The van der Waals surface area contributed by atoms with Gasteiger partial charge in [-0.25, -0.2) is 0 Å². The van der Waals surface area contributed by atoms with E-state index in [9.17, 15) is 4.79 Å². The molecule has 1 heterocycles. The number of hydrogen-bond acceptors (Lipinski definition) is 2. The summed E-state index contributed by atoms with van der Waals surface area (Å²) in [4.78, 5) is 12.3. The number of aryl methyl sites for hydroxylation is 3. The van der Waals surface area contributed by atoms with E-state index in [1.165, 1.54) is 0 Å². The smallest absolute Gasteiger partial charge is 0.228 e. The van der Waals surface area contributed by atoms with Crippen LogP contribution in [0, 0.1) is 20.8 Å². The highest BCUT2D eigenvalue weighted by Gasteiger charge is 2.11. The van der Waals surface area contributed by atoms with Crippen molar-refractivity contribution in [2.45, 2.75) is 27.2 Å². The predicted octanol–water partition coefficient (Wildman–Crippen LogP) is 4.54. The van der Waals surface area contributed by atoms with E-state index in [-0.39, 0.29) is 5.91 Å². The Morgan fingerprint density at radius 1 is 1.05 bits per heavy atom. The van der Waals surface area contributed by atoms with E-state index in [1.807, 2.05) is 57.2 Å². The van der Waals surface area contributed by atoms with Gasteiger partial charge in [-0.3, -0.25) is 4.79 Å². The Labute approximate surface area is 130 Å². The number of nitrogens with one attached hydrogen (secondary N) is 1. The van der Waals surface area contributed by atoms with Crippen molar-refractivity contribution in [3.05, 3.63) is 64.9 Å². The molecular weight excluding hydrogens is 274 g/mol. The fraction of sp³-hybridized carbons (Fsp3) is 0.211. The van der Waals surface area contributed by atoms with Crippen molar-refractivity contribution >= 4 is 22.6 Å². The summed E-state index contributed by atoms with van der Waals surface area (Å²) in [6.45, 7) is 6.03. The van der Waals surface area contributed by atoms with E-state index in [1.54, 1.807) is 6.26 Å². The molecule has 0 aliphatic heterocycles. The molecule has 1 aromatic heterocycles. The van der Waals surface area contributed by atoms with Crippen LogP contribution in [0.1, 0.15) is 22.3 Å². The molecule has 1 amide bonds. The fourth-order valence-corrected chi connectivity index (χ4v) is 2.57. The molecule has 1 N–H and O–H groups in total. The summed E-state index contributed by atoms with van der Waals surface area (Å²) < 4.78 is 5.54. The van der Waals surface area contributed by atoms with E-state index in [0.717, 1.165) is 38.9 Å². The molecule has 0 aliphatic carbocycles. The van der Waals surface area contributed by atoms with Gasteiger partial charge >= 0.3 is 0 Å². The van der Waals surface area contributed by atoms with Gasteiger partial charge in [-0.15, -0.1) is 0 Å². The minimum atomic E-state index is -0.0306. The Bertz CT molecular complexity index is 846. The van der Waals surface area contributed by atoms with Crippen LogP contribution in [0.25, 0.3) is 11.0 Å². The van der Waals surface area contributed by atoms with Crippen molar-refractivity contribution in [3.63, 3.8) is 0 Å². The summed E-state index contributed by atoms with van der Waals surface area (Å²) in [6.07, 6.45) is 1.98. The van der Waals surface area contributed by atoms with Gasteiger partial charge in [-0.2, -0.15) is 0 Å². The number of hydrogen-bond donors (Lipinski definition) is 1. The number of furan rings is 1. The van der Waals surface area contributed by atoms with Crippen LogP contribution in [0.15, 0.2) is 47.1 Å². The molecule has 3 nitrogen and oxygen atoms in total. The van der Waals surface area contributed by atoms with E-state index in [4.69, 9.17) is 4.42 Å². The molecule has 0 atom stereocenters. The zero-order chi connectivity index (χ0) is 15.7. The van der Waals surface area contributed by atoms with Crippen LogP contribution in [-0.2, 0) is 11.2 Å². The molecule has 0 radical (unpaired) electrons. The Morgan fingerprint density at radius 2 is 1.77 bits per heavy atom. The molecule has 0 unspecified atom stereocenters. The number of fused-ring (bicyclic) bond motifs is 1. The number of carbonyl (C=O) groups excluding carboxylic acids is 1. The average molecular weight is 293 g/mol. The molecule has 0 fully saturated rings.